The number of hydrogen-bond acceptors (Lipinski definition) is 4. The first-order chi connectivity index (χ1) is 15.6. The van der Waals surface area contributed by atoms with E-state index >= 15 is 0 Å². The van der Waals surface area contributed by atoms with Crippen LogP contribution in [0.1, 0.15) is 28.8 Å². The lowest BCUT2D eigenvalue weighted by Crippen LogP contribution is -2.46. The Kier molecular flexibility index (Phi) is 5.74. The summed E-state index contributed by atoms with van der Waals surface area (Å²) in [5, 5.41) is 2.02. The highest BCUT2D eigenvalue weighted by molar-refractivity contribution is 7.10. The number of carbonyl (C=O) groups excluding carboxylic acids is 1. The summed E-state index contributed by atoms with van der Waals surface area (Å²) in [4.78, 5) is 18.8. The van der Waals surface area contributed by atoms with Gasteiger partial charge in [0.1, 0.15) is 11.6 Å². The first kappa shape index (κ1) is 21.2. The molecule has 3 aromatic rings. The maximum absolute atomic E-state index is 13.2. The predicted molar refractivity (Wildman–Crippen MR) is 126 cm³/mol. The third-order valence-corrected chi connectivity index (χ3v) is 7.74. The van der Waals surface area contributed by atoms with E-state index in [0.29, 0.717) is 6.42 Å². The summed E-state index contributed by atoms with van der Waals surface area (Å²) >= 11 is 1.63. The summed E-state index contributed by atoms with van der Waals surface area (Å²) in [6.45, 7) is 3.44. The normalized spacial score (nSPS) is 17.5. The lowest BCUT2D eigenvalue weighted by atomic mass is 9.74. The van der Waals surface area contributed by atoms with E-state index in [2.05, 4.69) is 11.0 Å². The molecule has 2 aliphatic rings. The average molecular weight is 451 g/mol. The standard InChI is InChI=1S/C26H27FN2O2S/c1-31-21-8-9-24-23(15-21)26(18-29(24)25(30)16-22-3-2-14-32-22)10-12-28(13-11-26)17-19-4-6-20(27)7-5-19/h2-9,14-15H,10-13,16-18H2,1H3. The van der Waals surface area contributed by atoms with Gasteiger partial charge in [0.15, 0.2) is 0 Å². The van der Waals surface area contributed by atoms with Crippen LogP contribution in [0.3, 0.4) is 0 Å². The third kappa shape index (κ3) is 4.05. The van der Waals surface area contributed by atoms with E-state index in [1.165, 1.54) is 17.7 Å². The molecule has 0 unspecified atom stereocenters. The SMILES string of the molecule is COc1ccc2c(c1)C1(CCN(Cc3ccc(F)cc3)CC1)CN2C(=O)Cc1cccs1. The number of ether oxygens (including phenoxy) is 1. The fourth-order valence-corrected chi connectivity index (χ4v) is 5.77. The Morgan fingerprint density at radius 1 is 1.12 bits per heavy atom. The average Bonchev–Trinajstić information content (AvgIpc) is 3.43. The topological polar surface area (TPSA) is 32.8 Å². The highest BCUT2D eigenvalue weighted by Crippen LogP contribution is 2.48. The van der Waals surface area contributed by atoms with E-state index in [0.717, 1.165) is 60.9 Å². The van der Waals surface area contributed by atoms with Crippen LogP contribution in [-0.4, -0.2) is 37.6 Å². The van der Waals surface area contributed by atoms with Crippen molar-refractivity contribution in [3.05, 3.63) is 81.8 Å². The molecule has 4 nitrogen and oxygen atoms in total. The molecule has 0 aliphatic carbocycles. The van der Waals surface area contributed by atoms with Crippen LogP contribution < -0.4 is 9.64 Å². The molecular formula is C26H27FN2O2S. The van der Waals surface area contributed by atoms with Crippen LogP contribution in [0.2, 0.25) is 0 Å². The number of halogens is 1. The van der Waals surface area contributed by atoms with E-state index in [-0.39, 0.29) is 17.1 Å². The molecule has 1 amide bonds. The van der Waals surface area contributed by atoms with Crippen molar-refractivity contribution in [1.82, 2.24) is 4.90 Å². The Labute approximate surface area is 192 Å². The molecule has 2 aromatic carbocycles. The van der Waals surface area contributed by atoms with Gasteiger partial charge in [-0.3, -0.25) is 9.69 Å². The first-order valence-corrected chi connectivity index (χ1v) is 11.9. The lowest BCUT2D eigenvalue weighted by molar-refractivity contribution is -0.118. The summed E-state index contributed by atoms with van der Waals surface area (Å²) in [7, 11) is 1.69. The monoisotopic (exact) mass is 450 g/mol. The van der Waals surface area contributed by atoms with Gasteiger partial charge in [0.2, 0.25) is 5.91 Å². The molecule has 0 bridgehead atoms. The molecule has 0 N–H and O–H groups in total. The number of methoxy groups -OCH3 is 1. The van der Waals surface area contributed by atoms with Crippen LogP contribution in [-0.2, 0) is 23.2 Å². The number of anilines is 1. The summed E-state index contributed by atoms with van der Waals surface area (Å²) in [6.07, 6.45) is 2.41. The molecule has 1 fully saturated rings. The molecule has 32 heavy (non-hydrogen) atoms. The summed E-state index contributed by atoms with van der Waals surface area (Å²) in [6, 6.07) is 16.9. The molecule has 2 aliphatic heterocycles. The number of piperidine rings is 1. The molecule has 1 spiro atoms. The predicted octanol–water partition coefficient (Wildman–Crippen LogP) is 5.02. The molecule has 0 radical (unpaired) electrons. The molecule has 0 atom stereocenters. The van der Waals surface area contributed by atoms with Crippen molar-refractivity contribution in [3.8, 4) is 5.75 Å². The zero-order valence-electron chi connectivity index (χ0n) is 18.2. The number of fused-ring (bicyclic) bond motifs is 2. The van der Waals surface area contributed by atoms with Gasteiger partial charge in [-0.05, 0) is 78.8 Å². The lowest BCUT2D eigenvalue weighted by Gasteiger charge is -2.40. The Balaban J connectivity index is 1.36. The van der Waals surface area contributed by atoms with Crippen LogP contribution >= 0.6 is 11.3 Å². The van der Waals surface area contributed by atoms with Crippen molar-refractivity contribution in [2.45, 2.75) is 31.2 Å². The molecule has 5 rings (SSSR count). The largest absolute Gasteiger partial charge is 0.497 e. The minimum atomic E-state index is -0.199. The third-order valence-electron chi connectivity index (χ3n) is 6.87. The Morgan fingerprint density at radius 2 is 1.91 bits per heavy atom. The summed E-state index contributed by atoms with van der Waals surface area (Å²) in [5.74, 6) is 0.795. The number of likely N-dealkylation sites (tertiary alicyclic amines) is 1. The number of rotatable bonds is 5. The second kappa shape index (κ2) is 8.68. The molecule has 166 valence electrons. The van der Waals surface area contributed by atoms with Gasteiger partial charge in [-0.1, -0.05) is 18.2 Å². The van der Waals surface area contributed by atoms with E-state index in [1.807, 2.05) is 46.7 Å². The minimum absolute atomic E-state index is 0.0473. The smallest absolute Gasteiger partial charge is 0.232 e. The van der Waals surface area contributed by atoms with Crippen molar-refractivity contribution < 1.29 is 13.9 Å². The van der Waals surface area contributed by atoms with Crippen LogP contribution in [0.25, 0.3) is 0 Å². The van der Waals surface area contributed by atoms with Gasteiger partial charge in [0.25, 0.3) is 0 Å². The van der Waals surface area contributed by atoms with Gasteiger partial charge < -0.3 is 9.64 Å². The first-order valence-electron chi connectivity index (χ1n) is 11.0. The second-order valence-electron chi connectivity index (χ2n) is 8.80. The van der Waals surface area contributed by atoms with E-state index in [1.54, 1.807) is 18.4 Å². The van der Waals surface area contributed by atoms with Gasteiger partial charge >= 0.3 is 0 Å². The van der Waals surface area contributed by atoms with Crippen molar-refractivity contribution in [2.24, 2.45) is 0 Å². The van der Waals surface area contributed by atoms with Crippen molar-refractivity contribution in [3.63, 3.8) is 0 Å². The Morgan fingerprint density at radius 3 is 2.59 bits per heavy atom. The van der Waals surface area contributed by atoms with Gasteiger partial charge in [0.05, 0.1) is 13.5 Å². The molecule has 1 saturated heterocycles. The second-order valence-corrected chi connectivity index (χ2v) is 9.83. The highest BCUT2D eigenvalue weighted by Gasteiger charge is 2.46. The maximum atomic E-state index is 13.2. The molecule has 1 aromatic heterocycles. The number of hydrogen-bond donors (Lipinski definition) is 0. The number of carbonyl (C=O) groups is 1. The summed E-state index contributed by atoms with van der Waals surface area (Å²) < 4.78 is 18.8. The zero-order valence-corrected chi connectivity index (χ0v) is 19.0. The highest BCUT2D eigenvalue weighted by atomic mass is 32.1. The molecule has 3 heterocycles. The quantitative estimate of drug-likeness (QED) is 0.547. The fraction of sp³-hybridized carbons (Fsp3) is 0.346. The molecule has 6 heteroatoms. The number of amides is 1. The van der Waals surface area contributed by atoms with Crippen molar-refractivity contribution >= 4 is 22.9 Å². The van der Waals surface area contributed by atoms with E-state index in [4.69, 9.17) is 4.74 Å². The van der Waals surface area contributed by atoms with Crippen LogP contribution in [0.4, 0.5) is 10.1 Å². The molecular weight excluding hydrogens is 423 g/mol. The van der Waals surface area contributed by atoms with Crippen molar-refractivity contribution in [2.75, 3.05) is 31.6 Å². The van der Waals surface area contributed by atoms with E-state index in [9.17, 15) is 9.18 Å². The van der Waals surface area contributed by atoms with E-state index < -0.39 is 0 Å². The maximum Gasteiger partial charge on any atom is 0.232 e. The van der Waals surface area contributed by atoms with Crippen molar-refractivity contribution in [1.29, 1.82) is 0 Å². The van der Waals surface area contributed by atoms with Gasteiger partial charge in [0, 0.05) is 29.1 Å². The minimum Gasteiger partial charge on any atom is -0.497 e. The molecule has 0 saturated carbocycles. The van der Waals surface area contributed by atoms with Crippen LogP contribution in [0.15, 0.2) is 60.0 Å². The van der Waals surface area contributed by atoms with Gasteiger partial charge in [-0.2, -0.15) is 0 Å². The van der Waals surface area contributed by atoms with Crippen LogP contribution in [0.5, 0.6) is 5.75 Å². The number of nitrogens with zero attached hydrogens (tertiary/aromatic N) is 2. The summed E-state index contributed by atoms with van der Waals surface area (Å²) in [5.41, 5.74) is 3.34. The number of thiophene rings is 1. The van der Waals surface area contributed by atoms with Crippen LogP contribution in [0, 0.1) is 5.82 Å². The fourth-order valence-electron chi connectivity index (χ4n) is 5.07. The Bertz CT molecular complexity index is 1090. The van der Waals surface area contributed by atoms with Gasteiger partial charge in [-0.25, -0.2) is 4.39 Å². The van der Waals surface area contributed by atoms with Gasteiger partial charge in [-0.15, -0.1) is 11.3 Å². The number of benzene rings is 2. The zero-order chi connectivity index (χ0) is 22.1. The Hall–Kier alpha value is -2.70.